The molecule has 98 valence electrons. The number of fused-ring (bicyclic) bond motifs is 1. The number of primary amides is 1. The number of benzene rings is 1. The average Bonchev–Trinajstić information content (AvgIpc) is 2.81. The van der Waals surface area contributed by atoms with Crippen LogP contribution in [0, 0.1) is 0 Å². The van der Waals surface area contributed by atoms with Crippen LogP contribution >= 0.6 is 11.3 Å². The van der Waals surface area contributed by atoms with Gasteiger partial charge in [0, 0.05) is 35.6 Å². The Labute approximate surface area is 114 Å². The van der Waals surface area contributed by atoms with E-state index in [0.717, 1.165) is 35.8 Å². The molecule has 3 rings (SSSR count). The highest BCUT2D eigenvalue weighted by atomic mass is 32.1. The van der Waals surface area contributed by atoms with Crippen LogP contribution in [-0.2, 0) is 13.0 Å². The summed E-state index contributed by atoms with van der Waals surface area (Å²) in [6.45, 7) is 1.85. The summed E-state index contributed by atoms with van der Waals surface area (Å²) < 4.78 is 0. The lowest BCUT2D eigenvalue weighted by Gasteiger charge is -2.09. The molecule has 19 heavy (non-hydrogen) atoms. The highest BCUT2D eigenvalue weighted by Gasteiger charge is 2.16. The predicted octanol–water partition coefficient (Wildman–Crippen LogP) is 1.14. The summed E-state index contributed by atoms with van der Waals surface area (Å²) in [5, 5.41) is 4.27. The molecule has 2 heterocycles. The van der Waals surface area contributed by atoms with E-state index in [9.17, 15) is 4.79 Å². The molecule has 0 unspecified atom stereocenters. The molecule has 1 amide bonds. The van der Waals surface area contributed by atoms with Crippen molar-refractivity contribution in [2.75, 3.05) is 12.3 Å². The molecule has 5 N–H and O–H groups in total. The molecular formula is C13H14N4OS. The molecular weight excluding hydrogens is 260 g/mol. The molecule has 2 aromatic rings. The number of rotatable bonds is 2. The maximum absolute atomic E-state index is 11.1. The molecule has 0 saturated heterocycles. The van der Waals surface area contributed by atoms with Crippen LogP contribution in [0.2, 0.25) is 0 Å². The van der Waals surface area contributed by atoms with Crippen molar-refractivity contribution in [1.82, 2.24) is 10.3 Å². The van der Waals surface area contributed by atoms with Gasteiger partial charge in [0.1, 0.15) is 5.01 Å². The number of carbonyl (C=O) groups excluding carboxylic acids is 1. The van der Waals surface area contributed by atoms with E-state index in [1.165, 1.54) is 4.88 Å². The fourth-order valence-corrected chi connectivity index (χ4v) is 3.24. The minimum absolute atomic E-state index is 0.353. The smallest absolute Gasteiger partial charge is 0.250 e. The van der Waals surface area contributed by atoms with Crippen molar-refractivity contribution in [2.24, 2.45) is 5.73 Å². The molecule has 0 radical (unpaired) electrons. The summed E-state index contributed by atoms with van der Waals surface area (Å²) >= 11 is 1.67. The van der Waals surface area contributed by atoms with E-state index in [1.807, 2.05) is 6.07 Å². The largest absolute Gasteiger partial charge is 0.398 e. The number of aromatic nitrogens is 1. The van der Waals surface area contributed by atoms with Gasteiger partial charge in [0.15, 0.2) is 0 Å². The van der Waals surface area contributed by atoms with Crippen molar-refractivity contribution in [3.63, 3.8) is 0 Å². The number of amides is 1. The number of hydrogen-bond acceptors (Lipinski definition) is 5. The van der Waals surface area contributed by atoms with Crippen LogP contribution in [0.4, 0.5) is 5.69 Å². The van der Waals surface area contributed by atoms with Crippen LogP contribution < -0.4 is 16.8 Å². The van der Waals surface area contributed by atoms with Gasteiger partial charge >= 0.3 is 0 Å². The van der Waals surface area contributed by atoms with Gasteiger partial charge in [0.05, 0.1) is 11.3 Å². The Morgan fingerprint density at radius 3 is 2.95 bits per heavy atom. The van der Waals surface area contributed by atoms with E-state index in [4.69, 9.17) is 11.5 Å². The van der Waals surface area contributed by atoms with Crippen molar-refractivity contribution in [1.29, 1.82) is 0 Å². The molecule has 1 aliphatic rings. The minimum Gasteiger partial charge on any atom is -0.398 e. The second-order valence-electron chi connectivity index (χ2n) is 4.48. The zero-order valence-corrected chi connectivity index (χ0v) is 11.1. The molecule has 6 heteroatoms. The van der Waals surface area contributed by atoms with Crippen LogP contribution in [0.3, 0.4) is 0 Å². The molecule has 0 aliphatic carbocycles. The van der Waals surface area contributed by atoms with Gasteiger partial charge in [0.2, 0.25) is 0 Å². The number of anilines is 1. The maximum Gasteiger partial charge on any atom is 0.250 e. The van der Waals surface area contributed by atoms with E-state index in [-0.39, 0.29) is 0 Å². The lowest BCUT2D eigenvalue weighted by atomic mass is 10.1. The average molecular weight is 274 g/mol. The second kappa shape index (κ2) is 4.64. The van der Waals surface area contributed by atoms with Crippen molar-refractivity contribution in [2.45, 2.75) is 13.0 Å². The standard InChI is InChI=1S/C13H14N4OS/c14-9-5-7(1-2-8(9)12(15)18)13-17-10-3-4-16-6-11(10)19-13/h1-2,5,16H,3-4,6,14H2,(H2,15,18). The number of hydrogen-bond donors (Lipinski definition) is 3. The molecule has 0 spiro atoms. The van der Waals surface area contributed by atoms with Gasteiger partial charge in [0.25, 0.3) is 5.91 Å². The third-order valence-corrected chi connectivity index (χ3v) is 4.31. The highest BCUT2D eigenvalue weighted by molar-refractivity contribution is 7.15. The fourth-order valence-electron chi connectivity index (χ4n) is 2.17. The van der Waals surface area contributed by atoms with E-state index >= 15 is 0 Å². The lowest BCUT2D eigenvalue weighted by Crippen LogP contribution is -2.22. The van der Waals surface area contributed by atoms with Crippen molar-refractivity contribution in [3.8, 4) is 10.6 Å². The van der Waals surface area contributed by atoms with Crippen LogP contribution in [0.1, 0.15) is 20.9 Å². The zero-order valence-electron chi connectivity index (χ0n) is 10.3. The van der Waals surface area contributed by atoms with E-state index in [2.05, 4.69) is 10.3 Å². The Hall–Kier alpha value is -1.92. The molecule has 0 saturated carbocycles. The highest BCUT2D eigenvalue weighted by Crippen LogP contribution is 2.31. The summed E-state index contributed by atoms with van der Waals surface area (Å²) in [7, 11) is 0. The monoisotopic (exact) mass is 274 g/mol. The van der Waals surface area contributed by atoms with E-state index in [0.29, 0.717) is 11.3 Å². The van der Waals surface area contributed by atoms with E-state index < -0.39 is 5.91 Å². The zero-order chi connectivity index (χ0) is 13.4. The molecule has 0 atom stereocenters. The molecule has 0 fully saturated rings. The Morgan fingerprint density at radius 2 is 2.26 bits per heavy atom. The van der Waals surface area contributed by atoms with Crippen LogP contribution in [0.5, 0.6) is 0 Å². The number of thiazole rings is 1. The molecule has 0 bridgehead atoms. The van der Waals surface area contributed by atoms with Crippen molar-refractivity contribution >= 4 is 22.9 Å². The Morgan fingerprint density at radius 1 is 1.42 bits per heavy atom. The molecule has 1 aliphatic heterocycles. The molecule has 1 aromatic heterocycles. The first kappa shape index (κ1) is 12.1. The molecule has 5 nitrogen and oxygen atoms in total. The van der Waals surface area contributed by atoms with Gasteiger partial charge in [-0.05, 0) is 12.1 Å². The van der Waals surface area contributed by atoms with Crippen molar-refractivity contribution < 1.29 is 4.79 Å². The maximum atomic E-state index is 11.1. The van der Waals surface area contributed by atoms with Gasteiger partial charge in [-0.2, -0.15) is 0 Å². The number of nitrogens with two attached hydrogens (primary N) is 2. The quantitative estimate of drug-likeness (QED) is 0.716. The topological polar surface area (TPSA) is 94.0 Å². The Bertz CT molecular complexity index is 627. The Balaban J connectivity index is 2.00. The summed E-state index contributed by atoms with van der Waals surface area (Å²) in [4.78, 5) is 17.1. The first-order valence-electron chi connectivity index (χ1n) is 6.04. The summed E-state index contributed by atoms with van der Waals surface area (Å²) in [5.41, 5.74) is 13.9. The minimum atomic E-state index is -0.508. The van der Waals surface area contributed by atoms with Crippen molar-refractivity contribution in [3.05, 3.63) is 34.3 Å². The van der Waals surface area contributed by atoms with Gasteiger partial charge in [-0.1, -0.05) is 6.07 Å². The van der Waals surface area contributed by atoms with Crippen LogP contribution in [0.25, 0.3) is 10.6 Å². The summed E-state index contributed by atoms with van der Waals surface area (Å²) in [6.07, 6.45) is 0.959. The number of carbonyl (C=O) groups is 1. The number of nitrogens with zero attached hydrogens (tertiary/aromatic N) is 1. The van der Waals surface area contributed by atoms with E-state index in [1.54, 1.807) is 23.5 Å². The number of nitrogen functional groups attached to an aromatic ring is 1. The number of nitrogens with one attached hydrogen (secondary N) is 1. The fraction of sp³-hybridized carbons (Fsp3) is 0.231. The molecule has 1 aromatic carbocycles. The van der Waals surface area contributed by atoms with Gasteiger partial charge < -0.3 is 16.8 Å². The van der Waals surface area contributed by atoms with Gasteiger partial charge in [-0.15, -0.1) is 11.3 Å². The van der Waals surface area contributed by atoms with Crippen LogP contribution in [0.15, 0.2) is 18.2 Å². The first-order chi connectivity index (χ1) is 9.15. The first-order valence-corrected chi connectivity index (χ1v) is 6.86. The lowest BCUT2D eigenvalue weighted by molar-refractivity contribution is 0.100. The van der Waals surface area contributed by atoms with Gasteiger partial charge in [-0.3, -0.25) is 4.79 Å². The predicted molar refractivity (Wildman–Crippen MR) is 75.9 cm³/mol. The Kier molecular flexibility index (Phi) is 2.96. The van der Waals surface area contributed by atoms with Crippen LogP contribution in [-0.4, -0.2) is 17.4 Å². The summed E-state index contributed by atoms with van der Waals surface area (Å²) in [5.74, 6) is -0.508. The summed E-state index contributed by atoms with van der Waals surface area (Å²) in [6, 6.07) is 5.26. The van der Waals surface area contributed by atoms with Gasteiger partial charge in [-0.25, -0.2) is 4.98 Å². The normalized spacial score (nSPS) is 14.1. The third kappa shape index (κ3) is 2.20. The third-order valence-electron chi connectivity index (χ3n) is 3.17. The SMILES string of the molecule is NC(=O)c1ccc(-c2nc3c(s2)CNCC3)cc1N. The second-order valence-corrected chi connectivity index (χ2v) is 5.57.